The van der Waals surface area contributed by atoms with E-state index in [1.54, 1.807) is 6.20 Å². The maximum Gasteiger partial charge on any atom is 0.329 e. The first-order valence-electron chi connectivity index (χ1n) is 9.32. The monoisotopic (exact) mass is 393 g/mol. The van der Waals surface area contributed by atoms with Gasteiger partial charge in [-0.1, -0.05) is 48.5 Å². The van der Waals surface area contributed by atoms with Crippen molar-refractivity contribution in [2.24, 2.45) is 0 Å². The molecule has 29 heavy (non-hydrogen) atoms. The van der Waals surface area contributed by atoms with Crippen LogP contribution >= 0.6 is 0 Å². The number of aromatic amines is 1. The second kappa shape index (κ2) is 9.54. The fourth-order valence-corrected chi connectivity index (χ4v) is 3.04. The van der Waals surface area contributed by atoms with Crippen LogP contribution in [0.3, 0.4) is 0 Å². The lowest BCUT2D eigenvalue weighted by atomic mass is 10.0. The summed E-state index contributed by atoms with van der Waals surface area (Å²) in [6, 6.07) is 16.2. The fraction of sp³-hybridized carbons (Fsp3) is 0.227. The molecule has 3 rings (SSSR count). The number of esters is 1. The van der Waals surface area contributed by atoms with E-state index in [1.165, 1.54) is 6.92 Å². The van der Waals surface area contributed by atoms with Crippen LogP contribution in [-0.4, -0.2) is 35.4 Å². The van der Waals surface area contributed by atoms with Gasteiger partial charge < -0.3 is 20.4 Å². The number of rotatable bonds is 8. The number of hydrogen-bond acceptors (Lipinski definition) is 4. The highest BCUT2D eigenvalue weighted by molar-refractivity contribution is 5.88. The van der Waals surface area contributed by atoms with Gasteiger partial charge in [-0.15, -0.1) is 0 Å². The van der Waals surface area contributed by atoms with Crippen molar-refractivity contribution in [2.45, 2.75) is 25.9 Å². The summed E-state index contributed by atoms with van der Waals surface area (Å²) in [4.78, 5) is 39.2. The molecule has 0 spiro atoms. The third kappa shape index (κ3) is 5.68. The van der Waals surface area contributed by atoms with E-state index in [4.69, 9.17) is 4.74 Å². The van der Waals surface area contributed by atoms with Crippen molar-refractivity contribution in [3.63, 3.8) is 0 Å². The van der Waals surface area contributed by atoms with Crippen molar-refractivity contribution in [1.29, 1.82) is 0 Å². The van der Waals surface area contributed by atoms with E-state index in [1.807, 2.05) is 54.6 Å². The third-order valence-electron chi connectivity index (χ3n) is 4.44. The molecule has 0 saturated carbocycles. The van der Waals surface area contributed by atoms with Crippen LogP contribution in [0.1, 0.15) is 18.1 Å². The average molecular weight is 393 g/mol. The zero-order valence-electron chi connectivity index (χ0n) is 16.1. The van der Waals surface area contributed by atoms with Gasteiger partial charge in [-0.25, -0.2) is 4.79 Å². The van der Waals surface area contributed by atoms with Crippen LogP contribution in [0.2, 0.25) is 0 Å². The molecule has 1 heterocycles. The van der Waals surface area contributed by atoms with Gasteiger partial charge in [0.15, 0.2) is 6.61 Å². The predicted molar refractivity (Wildman–Crippen MR) is 109 cm³/mol. The lowest BCUT2D eigenvalue weighted by Crippen LogP contribution is -2.43. The van der Waals surface area contributed by atoms with Crippen LogP contribution in [0.15, 0.2) is 60.8 Å². The van der Waals surface area contributed by atoms with Gasteiger partial charge in [0.25, 0.3) is 5.91 Å². The molecule has 0 aliphatic heterocycles. The van der Waals surface area contributed by atoms with Gasteiger partial charge in [-0.05, 0) is 17.2 Å². The van der Waals surface area contributed by atoms with Crippen molar-refractivity contribution in [1.82, 2.24) is 15.6 Å². The summed E-state index contributed by atoms with van der Waals surface area (Å²) in [5, 5.41) is 6.27. The van der Waals surface area contributed by atoms with Gasteiger partial charge in [-0.2, -0.15) is 0 Å². The average Bonchev–Trinajstić information content (AvgIpc) is 3.13. The van der Waals surface area contributed by atoms with Crippen molar-refractivity contribution >= 4 is 28.7 Å². The first-order valence-corrected chi connectivity index (χ1v) is 9.32. The Balaban J connectivity index is 1.57. The van der Waals surface area contributed by atoms with Crippen LogP contribution in [-0.2, 0) is 32.1 Å². The predicted octanol–water partition coefficient (Wildman–Crippen LogP) is 2.07. The number of H-pyrrole nitrogens is 1. The van der Waals surface area contributed by atoms with Crippen LogP contribution in [0.5, 0.6) is 0 Å². The summed E-state index contributed by atoms with van der Waals surface area (Å²) in [7, 11) is 0. The van der Waals surface area contributed by atoms with Gasteiger partial charge in [0.2, 0.25) is 5.91 Å². The van der Waals surface area contributed by atoms with E-state index in [0.717, 1.165) is 22.0 Å². The Morgan fingerprint density at radius 3 is 2.52 bits per heavy atom. The molecule has 2 amide bonds. The standard InChI is InChI=1S/C22H23N3O4/c1-15(26)25-20(11-17-13-23-19-10-6-5-9-18(17)19)22(28)29-14-21(27)24-12-16-7-3-2-4-8-16/h2-10,13,20,23H,11-12,14H2,1H3,(H,24,27)(H,25,26)/t20-/m0/s1. The van der Waals surface area contributed by atoms with E-state index in [9.17, 15) is 14.4 Å². The maximum atomic E-state index is 12.5. The van der Waals surface area contributed by atoms with E-state index < -0.39 is 24.5 Å². The number of carbonyl (C=O) groups excluding carboxylic acids is 3. The lowest BCUT2D eigenvalue weighted by molar-refractivity contribution is -0.151. The molecule has 2 aromatic carbocycles. The molecule has 3 aromatic rings. The smallest absolute Gasteiger partial charge is 0.329 e. The Morgan fingerprint density at radius 2 is 1.76 bits per heavy atom. The first-order chi connectivity index (χ1) is 14.0. The summed E-state index contributed by atoms with van der Waals surface area (Å²) in [6.07, 6.45) is 2.06. The largest absolute Gasteiger partial charge is 0.454 e. The number of carbonyl (C=O) groups is 3. The fourth-order valence-electron chi connectivity index (χ4n) is 3.04. The molecule has 7 nitrogen and oxygen atoms in total. The SMILES string of the molecule is CC(=O)N[C@@H](Cc1c[nH]c2ccccc12)C(=O)OCC(=O)NCc1ccccc1. The number of ether oxygens (including phenoxy) is 1. The Morgan fingerprint density at radius 1 is 1.03 bits per heavy atom. The van der Waals surface area contributed by atoms with E-state index in [2.05, 4.69) is 15.6 Å². The van der Waals surface area contributed by atoms with Gasteiger partial charge in [0.1, 0.15) is 6.04 Å². The van der Waals surface area contributed by atoms with Crippen LogP contribution in [0, 0.1) is 0 Å². The highest BCUT2D eigenvalue weighted by Crippen LogP contribution is 2.19. The van der Waals surface area contributed by atoms with Gasteiger partial charge in [-0.3, -0.25) is 9.59 Å². The van der Waals surface area contributed by atoms with Crippen molar-refractivity contribution < 1.29 is 19.1 Å². The minimum Gasteiger partial charge on any atom is -0.454 e. The lowest BCUT2D eigenvalue weighted by Gasteiger charge is -2.16. The minimum absolute atomic E-state index is 0.258. The number of amides is 2. The first kappa shape index (κ1) is 20.1. The second-order valence-corrected chi connectivity index (χ2v) is 6.69. The molecule has 0 bridgehead atoms. The van der Waals surface area contributed by atoms with E-state index in [-0.39, 0.29) is 12.3 Å². The summed E-state index contributed by atoms with van der Waals surface area (Å²) in [5.74, 6) is -1.41. The zero-order valence-corrected chi connectivity index (χ0v) is 16.1. The van der Waals surface area contributed by atoms with E-state index >= 15 is 0 Å². The molecule has 0 aliphatic carbocycles. The summed E-state index contributed by atoms with van der Waals surface area (Å²) in [6.45, 7) is 1.28. The van der Waals surface area contributed by atoms with Crippen LogP contribution in [0.4, 0.5) is 0 Å². The van der Waals surface area contributed by atoms with Gasteiger partial charge in [0.05, 0.1) is 0 Å². The van der Waals surface area contributed by atoms with Gasteiger partial charge >= 0.3 is 5.97 Å². The molecular formula is C22H23N3O4. The Kier molecular flexibility index (Phi) is 6.63. The highest BCUT2D eigenvalue weighted by atomic mass is 16.5. The van der Waals surface area contributed by atoms with Crippen molar-refractivity contribution in [3.05, 3.63) is 71.9 Å². The van der Waals surface area contributed by atoms with Crippen molar-refractivity contribution in [2.75, 3.05) is 6.61 Å². The molecule has 0 saturated heterocycles. The Labute approximate surface area is 168 Å². The third-order valence-corrected chi connectivity index (χ3v) is 4.44. The van der Waals surface area contributed by atoms with Crippen LogP contribution < -0.4 is 10.6 Å². The number of nitrogens with one attached hydrogen (secondary N) is 3. The normalized spacial score (nSPS) is 11.6. The Bertz CT molecular complexity index is 997. The molecule has 0 unspecified atom stereocenters. The molecule has 1 atom stereocenters. The maximum absolute atomic E-state index is 12.5. The summed E-state index contributed by atoms with van der Waals surface area (Å²) >= 11 is 0. The summed E-state index contributed by atoms with van der Waals surface area (Å²) in [5.41, 5.74) is 2.77. The number of para-hydroxylation sites is 1. The molecule has 150 valence electrons. The van der Waals surface area contributed by atoms with Gasteiger partial charge in [0, 0.05) is 37.0 Å². The molecule has 1 aromatic heterocycles. The van der Waals surface area contributed by atoms with Crippen LogP contribution in [0.25, 0.3) is 10.9 Å². The molecule has 0 aliphatic rings. The summed E-state index contributed by atoms with van der Waals surface area (Å²) < 4.78 is 5.14. The molecule has 3 N–H and O–H groups in total. The topological polar surface area (TPSA) is 100 Å². The Hall–Kier alpha value is -3.61. The van der Waals surface area contributed by atoms with E-state index in [0.29, 0.717) is 6.54 Å². The zero-order chi connectivity index (χ0) is 20.6. The highest BCUT2D eigenvalue weighted by Gasteiger charge is 2.23. The molecule has 0 radical (unpaired) electrons. The second-order valence-electron chi connectivity index (χ2n) is 6.69. The molecular weight excluding hydrogens is 370 g/mol. The number of benzene rings is 2. The molecule has 0 fully saturated rings. The number of aromatic nitrogens is 1. The number of fused-ring (bicyclic) bond motifs is 1. The quantitative estimate of drug-likeness (QED) is 0.510. The minimum atomic E-state index is -0.881. The van der Waals surface area contributed by atoms with Crippen molar-refractivity contribution in [3.8, 4) is 0 Å². The number of hydrogen-bond donors (Lipinski definition) is 3. The molecule has 7 heteroatoms.